The number of carbonyl (C=O) groups excluding carboxylic acids is 2. The van der Waals surface area contributed by atoms with Crippen LogP contribution in [0.5, 0.6) is 0 Å². The Morgan fingerprint density at radius 2 is 1.92 bits per heavy atom. The van der Waals surface area contributed by atoms with Gasteiger partial charge < -0.3 is 14.8 Å². The molecule has 24 heavy (non-hydrogen) atoms. The lowest BCUT2D eigenvalue weighted by Gasteiger charge is -2.60. The number of fused-ring (bicyclic) bond motifs is 1. The van der Waals surface area contributed by atoms with E-state index < -0.39 is 5.60 Å². The van der Waals surface area contributed by atoms with Gasteiger partial charge in [-0.25, -0.2) is 4.79 Å². The highest BCUT2D eigenvalue weighted by atomic mass is 16.6. The molecule has 5 heteroatoms. The van der Waals surface area contributed by atoms with E-state index in [1.54, 1.807) is 0 Å². The average Bonchev–Trinajstić information content (AvgIpc) is 2.65. The maximum atomic E-state index is 12.2. The van der Waals surface area contributed by atoms with Gasteiger partial charge in [0.25, 0.3) is 0 Å². The van der Waals surface area contributed by atoms with Crippen LogP contribution < -0.4 is 5.32 Å². The molecule has 3 fully saturated rings. The quantitative estimate of drug-likeness (QED) is 0.780. The molecule has 0 heterocycles. The molecule has 0 aromatic heterocycles. The fourth-order valence-electron chi connectivity index (χ4n) is 5.64. The number of carbonyl (C=O) groups is 2. The van der Waals surface area contributed by atoms with Crippen molar-refractivity contribution in [2.75, 3.05) is 13.2 Å². The Morgan fingerprint density at radius 3 is 2.58 bits per heavy atom. The van der Waals surface area contributed by atoms with Crippen LogP contribution in [0.1, 0.15) is 59.8 Å². The molecule has 5 nitrogen and oxygen atoms in total. The first-order chi connectivity index (χ1) is 11.2. The first-order valence-electron chi connectivity index (χ1n) is 9.37. The van der Waals surface area contributed by atoms with Crippen LogP contribution in [-0.4, -0.2) is 30.8 Å². The lowest BCUT2D eigenvalue weighted by atomic mass is 9.45. The van der Waals surface area contributed by atoms with Gasteiger partial charge in [-0.15, -0.1) is 0 Å². The Kier molecular flexibility index (Phi) is 4.56. The second-order valence-corrected chi connectivity index (χ2v) is 8.86. The monoisotopic (exact) mass is 337 g/mol. The molecule has 0 spiro atoms. The third-order valence-corrected chi connectivity index (χ3v) is 6.33. The smallest absolute Gasteiger partial charge is 0.407 e. The first-order valence-corrected chi connectivity index (χ1v) is 9.37. The Morgan fingerprint density at radius 1 is 1.17 bits per heavy atom. The van der Waals surface area contributed by atoms with E-state index >= 15 is 0 Å². The van der Waals surface area contributed by atoms with Crippen LogP contribution in [0.15, 0.2) is 0 Å². The summed E-state index contributed by atoms with van der Waals surface area (Å²) >= 11 is 0. The van der Waals surface area contributed by atoms with Crippen LogP contribution in [0.4, 0.5) is 4.79 Å². The number of alkyl carbamates (subject to hydrolysis) is 1. The maximum absolute atomic E-state index is 12.2. The summed E-state index contributed by atoms with van der Waals surface area (Å²) < 4.78 is 10.6. The highest BCUT2D eigenvalue weighted by Crippen LogP contribution is 2.70. The van der Waals surface area contributed by atoms with Crippen molar-refractivity contribution in [1.82, 2.24) is 5.32 Å². The Labute approximate surface area is 144 Å². The summed E-state index contributed by atoms with van der Waals surface area (Å²) in [7, 11) is 0. The van der Waals surface area contributed by atoms with Gasteiger partial charge in [0.2, 0.25) is 0 Å². The maximum Gasteiger partial charge on any atom is 0.407 e. The third-order valence-electron chi connectivity index (χ3n) is 6.33. The standard InChI is InChI=1S/C19H31NO4/c1-5-23-16(21)10-19(11-20-17(22)24-18(2,3)4)14-7-6-12-8-13(14)15(19)9-12/h12-15H,5-11H2,1-4H3,(H,20,22)/t12?,13-,14+,15-,19-/m0/s1. The van der Waals surface area contributed by atoms with Gasteiger partial charge >= 0.3 is 12.1 Å². The van der Waals surface area contributed by atoms with Crippen LogP contribution in [0, 0.1) is 29.1 Å². The van der Waals surface area contributed by atoms with E-state index in [1.165, 1.54) is 25.7 Å². The molecule has 0 aromatic rings. The molecular formula is C19H31NO4. The van der Waals surface area contributed by atoms with Gasteiger partial charge in [-0.05, 0) is 70.6 Å². The number of amides is 1. The van der Waals surface area contributed by atoms with Crippen molar-refractivity contribution >= 4 is 12.1 Å². The second kappa shape index (κ2) is 6.23. The van der Waals surface area contributed by atoms with Crippen LogP contribution in [0.3, 0.4) is 0 Å². The minimum atomic E-state index is -0.508. The van der Waals surface area contributed by atoms with E-state index in [-0.39, 0.29) is 17.5 Å². The summed E-state index contributed by atoms with van der Waals surface area (Å²) in [6, 6.07) is 0. The van der Waals surface area contributed by atoms with E-state index in [1.807, 2.05) is 27.7 Å². The molecule has 3 aliphatic carbocycles. The molecule has 136 valence electrons. The summed E-state index contributed by atoms with van der Waals surface area (Å²) in [5.74, 6) is 2.53. The number of ether oxygens (including phenoxy) is 2. The lowest BCUT2D eigenvalue weighted by molar-refractivity contribution is -0.163. The molecule has 1 amide bonds. The highest BCUT2D eigenvalue weighted by Gasteiger charge is 2.66. The van der Waals surface area contributed by atoms with Crippen molar-refractivity contribution in [3.8, 4) is 0 Å². The molecule has 1 unspecified atom stereocenters. The van der Waals surface area contributed by atoms with Crippen molar-refractivity contribution in [2.45, 2.75) is 65.4 Å². The molecule has 3 aliphatic rings. The predicted molar refractivity (Wildman–Crippen MR) is 90.3 cm³/mol. The molecule has 1 N–H and O–H groups in total. The Hall–Kier alpha value is -1.26. The van der Waals surface area contributed by atoms with Gasteiger partial charge in [0, 0.05) is 12.0 Å². The third kappa shape index (κ3) is 3.14. The molecule has 0 aliphatic heterocycles. The van der Waals surface area contributed by atoms with E-state index in [4.69, 9.17) is 9.47 Å². The van der Waals surface area contributed by atoms with Gasteiger partial charge in [0.05, 0.1) is 13.0 Å². The van der Waals surface area contributed by atoms with Gasteiger partial charge in [-0.2, -0.15) is 0 Å². The summed E-state index contributed by atoms with van der Waals surface area (Å²) in [6.45, 7) is 8.36. The fourth-order valence-corrected chi connectivity index (χ4v) is 5.64. The van der Waals surface area contributed by atoms with Crippen LogP contribution in [0.25, 0.3) is 0 Å². The summed E-state index contributed by atoms with van der Waals surface area (Å²) in [4.78, 5) is 24.3. The Balaban J connectivity index is 1.70. The topological polar surface area (TPSA) is 64.6 Å². The zero-order valence-electron chi connectivity index (χ0n) is 15.4. The summed E-state index contributed by atoms with van der Waals surface area (Å²) in [5, 5.41) is 2.96. The second-order valence-electron chi connectivity index (χ2n) is 8.86. The summed E-state index contributed by atoms with van der Waals surface area (Å²) in [6.07, 6.45) is 5.01. The number of nitrogens with one attached hydrogen (secondary N) is 1. The van der Waals surface area contributed by atoms with Gasteiger partial charge in [-0.3, -0.25) is 4.79 Å². The summed E-state index contributed by atoms with van der Waals surface area (Å²) in [5.41, 5.74) is -0.634. The van der Waals surface area contributed by atoms with Crippen LogP contribution >= 0.6 is 0 Å². The zero-order valence-corrected chi connectivity index (χ0v) is 15.4. The largest absolute Gasteiger partial charge is 0.466 e. The minimum Gasteiger partial charge on any atom is -0.466 e. The Bertz CT molecular complexity index is 504. The van der Waals surface area contributed by atoms with Crippen molar-refractivity contribution in [3.63, 3.8) is 0 Å². The van der Waals surface area contributed by atoms with Gasteiger partial charge in [-0.1, -0.05) is 6.42 Å². The molecular weight excluding hydrogens is 306 g/mol. The molecule has 0 aromatic carbocycles. The fraction of sp³-hybridized carbons (Fsp3) is 0.895. The van der Waals surface area contributed by atoms with Crippen molar-refractivity contribution in [3.05, 3.63) is 0 Å². The van der Waals surface area contributed by atoms with E-state index in [2.05, 4.69) is 5.32 Å². The van der Waals surface area contributed by atoms with Crippen molar-refractivity contribution in [1.29, 1.82) is 0 Å². The number of esters is 1. The number of rotatable bonds is 5. The molecule has 5 atom stereocenters. The lowest BCUT2D eigenvalue weighted by Crippen LogP contribution is -2.60. The number of hydrogen-bond acceptors (Lipinski definition) is 4. The van der Waals surface area contributed by atoms with E-state index in [0.717, 1.165) is 11.8 Å². The molecule has 3 saturated carbocycles. The van der Waals surface area contributed by atoms with E-state index in [9.17, 15) is 9.59 Å². The molecule has 3 rings (SSSR count). The average molecular weight is 337 g/mol. The number of hydrogen-bond donors (Lipinski definition) is 1. The molecule has 2 bridgehead atoms. The van der Waals surface area contributed by atoms with E-state index in [0.29, 0.717) is 31.4 Å². The van der Waals surface area contributed by atoms with Crippen LogP contribution in [-0.2, 0) is 14.3 Å². The molecule has 0 saturated heterocycles. The van der Waals surface area contributed by atoms with Crippen molar-refractivity contribution in [2.24, 2.45) is 29.1 Å². The predicted octanol–water partition coefficient (Wildman–Crippen LogP) is 3.52. The van der Waals surface area contributed by atoms with Gasteiger partial charge in [0.1, 0.15) is 5.60 Å². The highest BCUT2D eigenvalue weighted by molar-refractivity contribution is 5.71. The normalized spacial score (nSPS) is 36.7. The van der Waals surface area contributed by atoms with Crippen molar-refractivity contribution < 1.29 is 19.1 Å². The zero-order chi connectivity index (χ0) is 17.5. The first kappa shape index (κ1) is 17.6. The SMILES string of the molecule is CCOC(=O)C[C@]1(CNC(=O)OC(C)(C)C)[C@@H]2CCC3C[C@@H]2[C@@H]1C3. The molecule has 0 radical (unpaired) electrons. The van der Waals surface area contributed by atoms with Crippen LogP contribution in [0.2, 0.25) is 0 Å². The minimum absolute atomic E-state index is 0.126. The van der Waals surface area contributed by atoms with Gasteiger partial charge in [0.15, 0.2) is 0 Å².